The topological polar surface area (TPSA) is 58.2 Å². The molecule has 19 heavy (non-hydrogen) atoms. The summed E-state index contributed by atoms with van der Waals surface area (Å²) in [4.78, 5) is 23.1. The van der Waals surface area contributed by atoms with E-state index in [-0.39, 0.29) is 17.7 Å². The summed E-state index contributed by atoms with van der Waals surface area (Å²) in [6.07, 6.45) is 0. The van der Waals surface area contributed by atoms with Crippen LogP contribution < -0.4 is 10.6 Å². The lowest BCUT2D eigenvalue weighted by Crippen LogP contribution is -2.36. The van der Waals surface area contributed by atoms with Gasteiger partial charge in [-0.25, -0.2) is 0 Å². The highest BCUT2D eigenvalue weighted by Crippen LogP contribution is 2.07. The van der Waals surface area contributed by atoms with E-state index in [1.807, 2.05) is 19.9 Å². The Morgan fingerprint density at radius 1 is 1.21 bits per heavy atom. The molecule has 104 valence electrons. The number of hydrogen-bond acceptors (Lipinski definition) is 2. The molecule has 0 aliphatic rings. The summed E-state index contributed by atoms with van der Waals surface area (Å²) < 4.78 is 0. The molecule has 2 amide bonds. The number of halogens is 1. The lowest BCUT2D eigenvalue weighted by molar-refractivity contribution is -0.123. The Morgan fingerprint density at radius 3 is 2.53 bits per heavy atom. The van der Waals surface area contributed by atoms with Crippen molar-refractivity contribution in [3.8, 4) is 0 Å². The van der Waals surface area contributed by atoms with E-state index in [0.717, 1.165) is 5.56 Å². The molecule has 0 saturated heterocycles. The van der Waals surface area contributed by atoms with Crippen molar-refractivity contribution in [3.63, 3.8) is 0 Å². The second kappa shape index (κ2) is 7.79. The molecule has 0 unspecified atom stereocenters. The van der Waals surface area contributed by atoms with Crippen molar-refractivity contribution in [2.45, 2.75) is 19.7 Å². The Balaban J connectivity index is 2.37. The van der Waals surface area contributed by atoms with E-state index in [9.17, 15) is 9.59 Å². The largest absolute Gasteiger partial charge is 0.354 e. The van der Waals surface area contributed by atoms with Crippen molar-refractivity contribution in [1.82, 2.24) is 10.6 Å². The first-order valence-electron chi connectivity index (χ1n) is 6.25. The normalized spacial score (nSPS) is 10.3. The van der Waals surface area contributed by atoms with Gasteiger partial charge in [-0.05, 0) is 17.7 Å². The smallest absolute Gasteiger partial charge is 0.251 e. The van der Waals surface area contributed by atoms with Gasteiger partial charge in [0.25, 0.3) is 5.91 Å². The Labute approximate surface area is 118 Å². The molecule has 2 N–H and O–H groups in total. The number of amides is 2. The highest BCUT2D eigenvalue weighted by atomic mass is 35.5. The van der Waals surface area contributed by atoms with Crippen LogP contribution in [0.1, 0.15) is 29.8 Å². The van der Waals surface area contributed by atoms with E-state index in [0.29, 0.717) is 24.5 Å². The Hall–Kier alpha value is -1.55. The first kappa shape index (κ1) is 15.5. The number of benzene rings is 1. The molecule has 1 aromatic carbocycles. The van der Waals surface area contributed by atoms with E-state index in [1.54, 1.807) is 18.2 Å². The summed E-state index contributed by atoms with van der Waals surface area (Å²) in [5.74, 6) is 0.159. The Morgan fingerprint density at radius 2 is 1.89 bits per heavy atom. The van der Waals surface area contributed by atoms with Crippen LogP contribution in [-0.2, 0) is 10.7 Å². The summed E-state index contributed by atoms with van der Waals surface area (Å²) in [7, 11) is 0. The van der Waals surface area contributed by atoms with Crippen molar-refractivity contribution >= 4 is 23.4 Å². The zero-order valence-electron chi connectivity index (χ0n) is 11.2. The van der Waals surface area contributed by atoms with Gasteiger partial charge in [-0.2, -0.15) is 0 Å². The maximum atomic E-state index is 11.8. The number of carbonyl (C=O) groups is 2. The van der Waals surface area contributed by atoms with Gasteiger partial charge in [-0.1, -0.05) is 26.0 Å². The quantitative estimate of drug-likeness (QED) is 0.619. The summed E-state index contributed by atoms with van der Waals surface area (Å²) in [6, 6.07) is 7.16. The van der Waals surface area contributed by atoms with Gasteiger partial charge in [-0.15, -0.1) is 11.6 Å². The SMILES string of the molecule is CC(C)C(=O)NCCNC(=O)c1cccc(CCl)c1. The van der Waals surface area contributed by atoms with Crippen LogP contribution in [0.25, 0.3) is 0 Å². The Kier molecular flexibility index (Phi) is 6.36. The van der Waals surface area contributed by atoms with Crippen molar-refractivity contribution in [2.75, 3.05) is 13.1 Å². The third kappa shape index (κ3) is 5.30. The van der Waals surface area contributed by atoms with Crippen LogP contribution in [0.2, 0.25) is 0 Å². The van der Waals surface area contributed by atoms with Crippen molar-refractivity contribution in [2.24, 2.45) is 5.92 Å². The standard InChI is InChI=1S/C14H19ClN2O2/c1-10(2)13(18)16-6-7-17-14(19)12-5-3-4-11(8-12)9-15/h3-5,8,10H,6-7,9H2,1-2H3,(H,16,18)(H,17,19). The number of rotatable bonds is 6. The average molecular weight is 283 g/mol. The van der Waals surface area contributed by atoms with E-state index in [1.165, 1.54) is 0 Å². The average Bonchev–Trinajstić information content (AvgIpc) is 2.42. The summed E-state index contributed by atoms with van der Waals surface area (Å²) >= 11 is 5.72. The van der Waals surface area contributed by atoms with Crippen molar-refractivity contribution < 1.29 is 9.59 Å². The lowest BCUT2D eigenvalue weighted by Gasteiger charge is -2.09. The molecule has 0 atom stereocenters. The fourth-order valence-corrected chi connectivity index (χ4v) is 1.63. The van der Waals surface area contributed by atoms with Crippen LogP contribution in [0.15, 0.2) is 24.3 Å². The molecule has 4 nitrogen and oxygen atoms in total. The van der Waals surface area contributed by atoms with Gasteiger partial charge in [0.1, 0.15) is 0 Å². The van der Waals surface area contributed by atoms with E-state index in [4.69, 9.17) is 11.6 Å². The molecule has 0 fully saturated rings. The summed E-state index contributed by atoms with van der Waals surface area (Å²) in [5, 5.41) is 5.48. The second-order valence-corrected chi connectivity index (χ2v) is 4.80. The molecule has 0 aromatic heterocycles. The lowest BCUT2D eigenvalue weighted by atomic mass is 10.1. The molecule has 0 saturated carbocycles. The highest BCUT2D eigenvalue weighted by Gasteiger charge is 2.07. The summed E-state index contributed by atoms with van der Waals surface area (Å²) in [6.45, 7) is 4.48. The fourth-order valence-electron chi connectivity index (χ4n) is 1.46. The molecule has 5 heteroatoms. The van der Waals surface area contributed by atoms with Crippen molar-refractivity contribution in [3.05, 3.63) is 35.4 Å². The van der Waals surface area contributed by atoms with Crippen LogP contribution >= 0.6 is 11.6 Å². The zero-order chi connectivity index (χ0) is 14.3. The van der Waals surface area contributed by atoms with Crippen LogP contribution in [-0.4, -0.2) is 24.9 Å². The maximum Gasteiger partial charge on any atom is 0.251 e. The van der Waals surface area contributed by atoms with Crippen LogP contribution in [0.3, 0.4) is 0 Å². The third-order valence-corrected chi connectivity index (χ3v) is 2.89. The molecule has 0 bridgehead atoms. The molecule has 0 heterocycles. The first-order chi connectivity index (χ1) is 9.04. The van der Waals surface area contributed by atoms with Crippen LogP contribution in [0.4, 0.5) is 0 Å². The van der Waals surface area contributed by atoms with Gasteiger partial charge < -0.3 is 10.6 Å². The first-order valence-corrected chi connectivity index (χ1v) is 6.79. The van der Waals surface area contributed by atoms with Crippen molar-refractivity contribution in [1.29, 1.82) is 0 Å². The molecule has 0 radical (unpaired) electrons. The van der Waals surface area contributed by atoms with E-state index < -0.39 is 0 Å². The minimum absolute atomic E-state index is 0.0154. The third-order valence-electron chi connectivity index (χ3n) is 2.58. The van der Waals surface area contributed by atoms with Gasteiger partial charge in [0.15, 0.2) is 0 Å². The molecule has 0 aliphatic heterocycles. The summed E-state index contributed by atoms with van der Waals surface area (Å²) in [5.41, 5.74) is 1.48. The van der Waals surface area contributed by atoms with Gasteiger partial charge >= 0.3 is 0 Å². The fraction of sp³-hybridized carbons (Fsp3) is 0.429. The van der Waals surface area contributed by atoms with Gasteiger partial charge in [-0.3, -0.25) is 9.59 Å². The molecule has 0 aliphatic carbocycles. The molecular weight excluding hydrogens is 264 g/mol. The second-order valence-electron chi connectivity index (χ2n) is 4.54. The van der Waals surface area contributed by atoms with Gasteiger partial charge in [0.2, 0.25) is 5.91 Å². The zero-order valence-corrected chi connectivity index (χ0v) is 12.0. The highest BCUT2D eigenvalue weighted by molar-refractivity contribution is 6.17. The number of alkyl halides is 1. The van der Waals surface area contributed by atoms with Gasteiger partial charge in [0, 0.05) is 30.5 Å². The van der Waals surface area contributed by atoms with E-state index in [2.05, 4.69) is 10.6 Å². The molecular formula is C14H19ClN2O2. The minimum Gasteiger partial charge on any atom is -0.354 e. The minimum atomic E-state index is -0.161. The van der Waals surface area contributed by atoms with E-state index >= 15 is 0 Å². The maximum absolute atomic E-state index is 11.8. The number of hydrogen-bond donors (Lipinski definition) is 2. The Bertz CT molecular complexity index is 447. The van der Waals surface area contributed by atoms with Gasteiger partial charge in [0.05, 0.1) is 0 Å². The van der Waals surface area contributed by atoms with Crippen LogP contribution in [0, 0.1) is 5.92 Å². The molecule has 1 rings (SSSR count). The monoisotopic (exact) mass is 282 g/mol. The number of carbonyl (C=O) groups excluding carboxylic acids is 2. The number of nitrogens with one attached hydrogen (secondary N) is 2. The predicted molar refractivity (Wildman–Crippen MR) is 76.2 cm³/mol. The molecule has 0 spiro atoms. The molecule has 1 aromatic rings. The van der Waals surface area contributed by atoms with Crippen LogP contribution in [0.5, 0.6) is 0 Å². The predicted octanol–water partition coefficient (Wildman–Crippen LogP) is 1.93.